The van der Waals surface area contributed by atoms with Gasteiger partial charge in [0.2, 0.25) is 10.0 Å². The molecule has 0 aliphatic heterocycles. The molecule has 2 aromatic carbocycles. The topological polar surface area (TPSA) is 46.2 Å². The van der Waals surface area contributed by atoms with Gasteiger partial charge in [0.15, 0.2) is 0 Å². The maximum Gasteiger partial charge on any atom is 0.241 e. The molecule has 0 fully saturated rings. The Balaban J connectivity index is 2.30. The zero-order chi connectivity index (χ0) is 16.5. The summed E-state index contributed by atoms with van der Waals surface area (Å²) < 4.78 is 27.7. The molecule has 0 radical (unpaired) electrons. The Labute approximate surface area is 133 Å². The molecule has 4 heteroatoms. The zero-order valence-electron chi connectivity index (χ0n) is 13.8. The molecule has 2 aromatic rings. The van der Waals surface area contributed by atoms with Crippen LogP contribution in [-0.4, -0.2) is 8.42 Å². The molecule has 1 N–H and O–H groups in total. The summed E-state index contributed by atoms with van der Waals surface area (Å²) in [6.45, 7) is 9.93. The van der Waals surface area contributed by atoms with Gasteiger partial charge in [0.25, 0.3) is 0 Å². The first-order valence-electron chi connectivity index (χ1n) is 7.37. The normalized spacial score (nSPS) is 13.1. The molecule has 0 aliphatic rings. The Morgan fingerprint density at radius 3 is 2.00 bits per heavy atom. The molecule has 0 aromatic heterocycles. The monoisotopic (exact) mass is 317 g/mol. The standard InChI is InChI=1S/C18H23NO2S/c1-12-6-8-17(9-7-12)22(20,21)19-16(5)18-11-14(3)13(2)10-15(18)4/h6-11,16,19H,1-5H3. The van der Waals surface area contributed by atoms with Crippen LogP contribution in [0, 0.1) is 27.7 Å². The summed E-state index contributed by atoms with van der Waals surface area (Å²) in [4.78, 5) is 0.298. The van der Waals surface area contributed by atoms with Crippen LogP contribution in [0.15, 0.2) is 41.3 Å². The molecule has 3 nitrogen and oxygen atoms in total. The van der Waals surface area contributed by atoms with Crippen molar-refractivity contribution in [1.82, 2.24) is 4.72 Å². The van der Waals surface area contributed by atoms with Crippen molar-refractivity contribution in [3.63, 3.8) is 0 Å². The molecule has 0 bridgehead atoms. The number of benzene rings is 2. The number of rotatable bonds is 4. The number of hydrogen-bond donors (Lipinski definition) is 1. The number of hydrogen-bond acceptors (Lipinski definition) is 2. The van der Waals surface area contributed by atoms with E-state index >= 15 is 0 Å². The highest BCUT2D eigenvalue weighted by Gasteiger charge is 2.19. The minimum absolute atomic E-state index is 0.273. The van der Waals surface area contributed by atoms with E-state index in [0.29, 0.717) is 4.90 Å². The van der Waals surface area contributed by atoms with Crippen molar-refractivity contribution < 1.29 is 8.42 Å². The second kappa shape index (κ2) is 6.23. The first kappa shape index (κ1) is 16.7. The van der Waals surface area contributed by atoms with Crippen molar-refractivity contribution in [2.45, 2.75) is 45.6 Å². The molecular formula is C18H23NO2S. The fourth-order valence-electron chi connectivity index (χ4n) is 2.53. The van der Waals surface area contributed by atoms with Gasteiger partial charge in [-0.3, -0.25) is 0 Å². The Bertz CT molecular complexity index is 777. The maximum atomic E-state index is 12.5. The fraction of sp³-hybridized carbons (Fsp3) is 0.333. The molecule has 0 saturated carbocycles. The fourth-order valence-corrected chi connectivity index (χ4v) is 3.75. The first-order chi connectivity index (χ1) is 10.2. The van der Waals surface area contributed by atoms with Gasteiger partial charge in [0.05, 0.1) is 4.90 Å². The molecule has 0 spiro atoms. The Hall–Kier alpha value is -1.65. The average Bonchev–Trinajstić information content (AvgIpc) is 2.42. The predicted octanol–water partition coefficient (Wildman–Crippen LogP) is 3.96. The smallest absolute Gasteiger partial charge is 0.207 e. The van der Waals surface area contributed by atoms with Gasteiger partial charge < -0.3 is 0 Å². The van der Waals surface area contributed by atoms with Gasteiger partial charge in [0, 0.05) is 6.04 Å². The van der Waals surface area contributed by atoms with Crippen LogP contribution in [0.1, 0.15) is 40.8 Å². The first-order valence-corrected chi connectivity index (χ1v) is 8.86. The molecule has 1 atom stereocenters. The zero-order valence-corrected chi connectivity index (χ0v) is 14.6. The van der Waals surface area contributed by atoms with Gasteiger partial charge in [-0.25, -0.2) is 13.1 Å². The lowest BCUT2D eigenvalue weighted by Crippen LogP contribution is -2.27. The maximum absolute atomic E-state index is 12.5. The average molecular weight is 317 g/mol. The summed E-state index contributed by atoms with van der Waals surface area (Å²) in [5.41, 5.74) is 5.54. The van der Waals surface area contributed by atoms with E-state index in [1.165, 1.54) is 11.1 Å². The van der Waals surface area contributed by atoms with E-state index in [9.17, 15) is 8.42 Å². The van der Waals surface area contributed by atoms with Crippen LogP contribution in [0.4, 0.5) is 0 Å². The van der Waals surface area contributed by atoms with Gasteiger partial charge in [-0.05, 0) is 69.0 Å². The van der Waals surface area contributed by atoms with Crippen LogP contribution in [0.2, 0.25) is 0 Å². The predicted molar refractivity (Wildman–Crippen MR) is 90.6 cm³/mol. The van der Waals surface area contributed by atoms with Gasteiger partial charge in [-0.1, -0.05) is 29.8 Å². The number of nitrogens with one attached hydrogen (secondary N) is 1. The highest BCUT2D eigenvalue weighted by molar-refractivity contribution is 7.89. The SMILES string of the molecule is Cc1ccc(S(=O)(=O)NC(C)c2cc(C)c(C)cc2C)cc1. The minimum Gasteiger partial charge on any atom is -0.207 e. The second-order valence-electron chi connectivity index (χ2n) is 5.95. The number of aryl methyl sites for hydroxylation is 4. The molecule has 0 saturated heterocycles. The summed E-state index contributed by atoms with van der Waals surface area (Å²) in [5.74, 6) is 0. The lowest BCUT2D eigenvalue weighted by Gasteiger charge is -2.18. The molecule has 0 heterocycles. The van der Waals surface area contributed by atoms with E-state index in [4.69, 9.17) is 0 Å². The number of sulfonamides is 1. The van der Waals surface area contributed by atoms with Gasteiger partial charge in [0.1, 0.15) is 0 Å². The molecule has 1 unspecified atom stereocenters. The van der Waals surface area contributed by atoms with Crippen molar-refractivity contribution in [2.24, 2.45) is 0 Å². The van der Waals surface area contributed by atoms with E-state index in [2.05, 4.69) is 23.8 Å². The van der Waals surface area contributed by atoms with Crippen molar-refractivity contribution in [3.05, 3.63) is 64.2 Å². The summed E-state index contributed by atoms with van der Waals surface area (Å²) in [7, 11) is -3.51. The highest BCUT2D eigenvalue weighted by atomic mass is 32.2. The summed E-state index contributed by atoms with van der Waals surface area (Å²) in [6, 6.07) is 10.8. The molecule has 0 amide bonds. The molecular weight excluding hydrogens is 294 g/mol. The highest BCUT2D eigenvalue weighted by Crippen LogP contribution is 2.23. The molecule has 0 aliphatic carbocycles. The van der Waals surface area contributed by atoms with Gasteiger partial charge in [-0.2, -0.15) is 0 Å². The Kier molecular flexibility index (Phi) is 4.73. The van der Waals surface area contributed by atoms with Crippen LogP contribution in [0.3, 0.4) is 0 Å². The third kappa shape index (κ3) is 3.57. The van der Waals surface area contributed by atoms with Crippen LogP contribution >= 0.6 is 0 Å². The third-order valence-electron chi connectivity index (χ3n) is 4.01. The quantitative estimate of drug-likeness (QED) is 0.928. The van der Waals surface area contributed by atoms with Crippen molar-refractivity contribution in [1.29, 1.82) is 0 Å². The van der Waals surface area contributed by atoms with E-state index in [1.54, 1.807) is 24.3 Å². The summed E-state index contributed by atoms with van der Waals surface area (Å²) >= 11 is 0. The molecule has 118 valence electrons. The molecule has 22 heavy (non-hydrogen) atoms. The van der Waals surface area contributed by atoms with E-state index in [0.717, 1.165) is 16.7 Å². The summed E-state index contributed by atoms with van der Waals surface area (Å²) in [6.07, 6.45) is 0. The minimum atomic E-state index is -3.51. The Morgan fingerprint density at radius 1 is 0.864 bits per heavy atom. The summed E-state index contributed by atoms with van der Waals surface area (Å²) in [5, 5.41) is 0. The third-order valence-corrected chi connectivity index (χ3v) is 5.57. The van der Waals surface area contributed by atoms with Crippen molar-refractivity contribution in [3.8, 4) is 0 Å². The van der Waals surface area contributed by atoms with Gasteiger partial charge >= 0.3 is 0 Å². The second-order valence-corrected chi connectivity index (χ2v) is 7.66. The van der Waals surface area contributed by atoms with Crippen molar-refractivity contribution in [2.75, 3.05) is 0 Å². The van der Waals surface area contributed by atoms with Gasteiger partial charge in [-0.15, -0.1) is 0 Å². The van der Waals surface area contributed by atoms with Crippen LogP contribution in [0.25, 0.3) is 0 Å². The van der Waals surface area contributed by atoms with Crippen LogP contribution in [-0.2, 0) is 10.0 Å². The lowest BCUT2D eigenvalue weighted by atomic mass is 9.97. The van der Waals surface area contributed by atoms with E-state index in [1.807, 2.05) is 27.7 Å². The lowest BCUT2D eigenvalue weighted by molar-refractivity contribution is 0.566. The van der Waals surface area contributed by atoms with Crippen LogP contribution < -0.4 is 4.72 Å². The molecule has 2 rings (SSSR count). The van der Waals surface area contributed by atoms with E-state index < -0.39 is 10.0 Å². The van der Waals surface area contributed by atoms with E-state index in [-0.39, 0.29) is 6.04 Å². The largest absolute Gasteiger partial charge is 0.241 e. The Morgan fingerprint density at radius 2 is 1.41 bits per heavy atom. The van der Waals surface area contributed by atoms with Crippen LogP contribution in [0.5, 0.6) is 0 Å². The van der Waals surface area contributed by atoms with Crippen molar-refractivity contribution >= 4 is 10.0 Å².